The van der Waals surface area contributed by atoms with Gasteiger partial charge in [0.05, 0.1) is 11.7 Å². The van der Waals surface area contributed by atoms with Gasteiger partial charge in [0.1, 0.15) is 6.33 Å². The Hall–Kier alpha value is -1.51. The summed E-state index contributed by atoms with van der Waals surface area (Å²) in [5, 5.41) is 1.09. The minimum atomic E-state index is 0.910. The summed E-state index contributed by atoms with van der Waals surface area (Å²) in [4.78, 5) is 12.4. The van der Waals surface area contributed by atoms with Gasteiger partial charge in [0.2, 0.25) is 0 Å². The highest BCUT2D eigenvalue weighted by atomic mass is 14.8. The van der Waals surface area contributed by atoms with Crippen LogP contribution in [0.2, 0.25) is 0 Å². The largest absolute Gasteiger partial charge is 0.259 e. The van der Waals surface area contributed by atoms with E-state index >= 15 is 0 Å². The molecule has 60 valence electrons. The molecule has 0 bridgehead atoms. The molecular formula is C9H9N3. The lowest BCUT2D eigenvalue weighted by molar-refractivity contribution is 1.13. The van der Waals surface area contributed by atoms with Crippen molar-refractivity contribution in [2.75, 3.05) is 0 Å². The average Bonchev–Trinajstić information content (AvgIpc) is 2.07. The number of hydrogen-bond donors (Lipinski definition) is 0. The summed E-state index contributed by atoms with van der Waals surface area (Å²) < 4.78 is 0. The van der Waals surface area contributed by atoms with Crippen LogP contribution in [-0.4, -0.2) is 15.0 Å². The summed E-state index contributed by atoms with van der Waals surface area (Å²) in [6.45, 7) is 3.94. The molecule has 0 saturated carbocycles. The van der Waals surface area contributed by atoms with E-state index in [0.717, 1.165) is 22.3 Å². The molecule has 0 aromatic carbocycles. The van der Waals surface area contributed by atoms with Gasteiger partial charge < -0.3 is 0 Å². The van der Waals surface area contributed by atoms with Crippen LogP contribution in [0.5, 0.6) is 0 Å². The Bertz CT molecular complexity index is 423. The lowest BCUT2D eigenvalue weighted by atomic mass is 10.2. The van der Waals surface area contributed by atoms with Crippen molar-refractivity contribution in [1.29, 1.82) is 0 Å². The van der Waals surface area contributed by atoms with Gasteiger partial charge in [-0.2, -0.15) is 0 Å². The fourth-order valence-electron chi connectivity index (χ4n) is 1.19. The van der Waals surface area contributed by atoms with Crippen LogP contribution in [0.15, 0.2) is 18.6 Å². The zero-order valence-corrected chi connectivity index (χ0v) is 7.07. The maximum absolute atomic E-state index is 4.16. The Morgan fingerprint density at radius 2 is 1.92 bits per heavy atom. The molecule has 0 radical (unpaired) electrons. The molecule has 0 aliphatic carbocycles. The summed E-state index contributed by atoms with van der Waals surface area (Å²) in [6, 6.07) is 2.00. The highest BCUT2D eigenvalue weighted by Gasteiger charge is 1.98. The second-order valence-corrected chi connectivity index (χ2v) is 2.80. The minimum absolute atomic E-state index is 0.910. The Morgan fingerprint density at radius 3 is 2.75 bits per heavy atom. The van der Waals surface area contributed by atoms with Crippen LogP contribution in [0.3, 0.4) is 0 Å². The van der Waals surface area contributed by atoms with Gasteiger partial charge >= 0.3 is 0 Å². The summed E-state index contributed by atoms with van der Waals surface area (Å²) in [5.41, 5.74) is 2.92. The Morgan fingerprint density at radius 1 is 1.08 bits per heavy atom. The van der Waals surface area contributed by atoms with Crippen LogP contribution >= 0.6 is 0 Å². The van der Waals surface area contributed by atoms with Crippen molar-refractivity contribution in [2.24, 2.45) is 0 Å². The maximum Gasteiger partial charge on any atom is 0.116 e. The van der Waals surface area contributed by atoms with Crippen molar-refractivity contribution in [2.45, 2.75) is 13.8 Å². The molecule has 0 spiro atoms. The van der Waals surface area contributed by atoms with E-state index < -0.39 is 0 Å². The van der Waals surface area contributed by atoms with E-state index in [9.17, 15) is 0 Å². The van der Waals surface area contributed by atoms with Gasteiger partial charge in [0.25, 0.3) is 0 Å². The molecule has 0 saturated heterocycles. The third kappa shape index (κ3) is 1.03. The van der Waals surface area contributed by atoms with E-state index in [1.165, 1.54) is 0 Å². The highest BCUT2D eigenvalue weighted by Crippen LogP contribution is 2.12. The normalized spacial score (nSPS) is 10.5. The van der Waals surface area contributed by atoms with Gasteiger partial charge in [-0.05, 0) is 19.9 Å². The number of hydrogen-bond acceptors (Lipinski definition) is 3. The summed E-state index contributed by atoms with van der Waals surface area (Å²) in [5.74, 6) is 0. The average molecular weight is 159 g/mol. The number of fused-ring (bicyclic) bond motifs is 1. The van der Waals surface area contributed by atoms with Crippen molar-refractivity contribution >= 4 is 10.9 Å². The first-order chi connectivity index (χ1) is 5.77. The van der Waals surface area contributed by atoms with E-state index in [1.54, 1.807) is 12.5 Å². The first kappa shape index (κ1) is 7.16. The van der Waals surface area contributed by atoms with Crippen molar-refractivity contribution in [3.63, 3.8) is 0 Å². The standard InChI is InChI=1S/C9H9N3/c1-6-3-8-7(2)11-5-12-9(8)4-10-6/h3-5H,1-2H3. The van der Waals surface area contributed by atoms with Crippen LogP contribution in [0.4, 0.5) is 0 Å². The molecule has 12 heavy (non-hydrogen) atoms. The SMILES string of the molecule is Cc1cc2c(C)ncnc2cn1. The fourth-order valence-corrected chi connectivity index (χ4v) is 1.19. The first-order valence-corrected chi connectivity index (χ1v) is 3.81. The van der Waals surface area contributed by atoms with E-state index in [0.29, 0.717) is 0 Å². The van der Waals surface area contributed by atoms with Gasteiger partial charge in [0, 0.05) is 16.8 Å². The molecule has 0 amide bonds. The molecular weight excluding hydrogens is 150 g/mol. The van der Waals surface area contributed by atoms with Crippen molar-refractivity contribution in [1.82, 2.24) is 15.0 Å². The third-order valence-corrected chi connectivity index (χ3v) is 1.86. The zero-order chi connectivity index (χ0) is 8.55. The third-order valence-electron chi connectivity index (χ3n) is 1.86. The van der Waals surface area contributed by atoms with Gasteiger partial charge in [-0.15, -0.1) is 0 Å². The zero-order valence-electron chi connectivity index (χ0n) is 7.07. The monoisotopic (exact) mass is 159 g/mol. The molecule has 3 nitrogen and oxygen atoms in total. The van der Waals surface area contributed by atoms with E-state index in [-0.39, 0.29) is 0 Å². The van der Waals surface area contributed by atoms with Crippen molar-refractivity contribution in [3.05, 3.63) is 30.0 Å². The van der Waals surface area contributed by atoms with E-state index in [1.807, 2.05) is 19.9 Å². The number of aryl methyl sites for hydroxylation is 2. The lowest BCUT2D eigenvalue weighted by Gasteiger charge is -1.99. The molecule has 0 atom stereocenters. The summed E-state index contributed by atoms with van der Waals surface area (Å²) in [7, 11) is 0. The first-order valence-electron chi connectivity index (χ1n) is 3.81. The molecule has 2 aromatic rings. The fraction of sp³-hybridized carbons (Fsp3) is 0.222. The molecule has 3 heteroatoms. The minimum Gasteiger partial charge on any atom is -0.259 e. The Kier molecular flexibility index (Phi) is 1.50. The molecule has 0 N–H and O–H groups in total. The number of rotatable bonds is 0. The molecule has 0 aliphatic rings. The smallest absolute Gasteiger partial charge is 0.116 e. The van der Waals surface area contributed by atoms with Gasteiger partial charge in [-0.3, -0.25) is 4.98 Å². The molecule has 0 unspecified atom stereocenters. The molecule has 2 rings (SSSR count). The summed E-state index contributed by atoms with van der Waals surface area (Å²) >= 11 is 0. The van der Waals surface area contributed by atoms with Crippen LogP contribution in [0.1, 0.15) is 11.4 Å². The Balaban J connectivity index is 2.88. The quantitative estimate of drug-likeness (QED) is 0.586. The van der Waals surface area contributed by atoms with Gasteiger partial charge in [0.15, 0.2) is 0 Å². The second kappa shape index (κ2) is 2.52. The highest BCUT2D eigenvalue weighted by molar-refractivity contribution is 5.79. The van der Waals surface area contributed by atoms with Crippen LogP contribution in [0, 0.1) is 13.8 Å². The van der Waals surface area contributed by atoms with Crippen LogP contribution < -0.4 is 0 Å². The van der Waals surface area contributed by atoms with Gasteiger partial charge in [-0.25, -0.2) is 9.97 Å². The number of pyridine rings is 1. The predicted octanol–water partition coefficient (Wildman–Crippen LogP) is 1.64. The van der Waals surface area contributed by atoms with Crippen LogP contribution in [-0.2, 0) is 0 Å². The molecule has 0 fully saturated rings. The molecule has 2 heterocycles. The molecule has 2 aromatic heterocycles. The summed E-state index contributed by atoms with van der Waals surface area (Å²) in [6.07, 6.45) is 3.34. The molecule has 0 aliphatic heterocycles. The maximum atomic E-state index is 4.16. The van der Waals surface area contributed by atoms with Crippen molar-refractivity contribution < 1.29 is 0 Å². The predicted molar refractivity (Wildman–Crippen MR) is 46.8 cm³/mol. The Labute approximate surface area is 70.5 Å². The van der Waals surface area contributed by atoms with E-state index in [2.05, 4.69) is 15.0 Å². The number of nitrogens with zero attached hydrogens (tertiary/aromatic N) is 3. The topological polar surface area (TPSA) is 38.7 Å². The van der Waals surface area contributed by atoms with E-state index in [4.69, 9.17) is 0 Å². The lowest BCUT2D eigenvalue weighted by Crippen LogP contribution is -1.89. The second-order valence-electron chi connectivity index (χ2n) is 2.80. The van der Waals surface area contributed by atoms with Crippen molar-refractivity contribution in [3.8, 4) is 0 Å². The van der Waals surface area contributed by atoms with Crippen LogP contribution in [0.25, 0.3) is 10.9 Å². The van der Waals surface area contributed by atoms with Gasteiger partial charge in [-0.1, -0.05) is 0 Å². The number of aromatic nitrogens is 3.